The molecule has 13 atom stereocenters. The molecule has 8 aliphatic heterocycles. The summed E-state index contributed by atoms with van der Waals surface area (Å²) in [4.78, 5) is 28.1. The number of hydrogen-bond donors (Lipinski definition) is 5. The molecule has 0 radical (unpaired) electrons. The van der Waals surface area contributed by atoms with Crippen molar-refractivity contribution in [2.75, 3.05) is 47.8 Å². The van der Waals surface area contributed by atoms with E-state index in [0.29, 0.717) is 114 Å². The molecule has 666 valence electrons. The maximum absolute atomic E-state index is 14.0. The summed E-state index contributed by atoms with van der Waals surface area (Å²) in [5.41, 5.74) is 25.1. The van der Waals surface area contributed by atoms with Gasteiger partial charge >= 0.3 is 0 Å². The molecule has 8 heterocycles. The van der Waals surface area contributed by atoms with Crippen LogP contribution in [0.1, 0.15) is 138 Å². The second-order valence-electron chi connectivity index (χ2n) is 33.7. The van der Waals surface area contributed by atoms with E-state index >= 15 is 0 Å². The Hall–Kier alpha value is -6.38. The van der Waals surface area contributed by atoms with Crippen LogP contribution >= 0.6 is 0 Å². The third-order valence-corrected chi connectivity index (χ3v) is 34.3. The molecule has 5 aromatic carbocycles. The Morgan fingerprint density at radius 3 is 0.892 bits per heavy atom. The highest BCUT2D eigenvalue weighted by Gasteiger charge is 2.52. The van der Waals surface area contributed by atoms with Crippen molar-refractivity contribution >= 4 is 71.4 Å². The van der Waals surface area contributed by atoms with E-state index < -0.39 is 182 Å². The zero-order chi connectivity index (χ0) is 87.8. The number of sulfonamides is 3. The minimum atomic E-state index is -3.82. The number of benzene rings is 5. The molecule has 120 heavy (non-hydrogen) atoms. The molecular weight excluding hydrogens is 1720 g/mol. The molecular formula is C79H101F12N9O14S6. The SMILES string of the molecule is CS(=O)(=O)CC(=O)N1C2CCC1CC([C@H](N)Cc1cc(F)c(F)cc1F)C2.CS(=O)(=O)CC(=O)N1[C@@H]2CC[C@H]1CC([C@H](N)Cc1cc(F)c(F)cc1F)C2.N[C@H](Cc1cc(F)c(F)cc1F)C1CC2CCC(C1)N2S(=O)(=O)CCNS(=O)(=O)C1CC1.N[C@H](Cc1cc(F)c(F)cc1F)C1CC2CCC(C1)N2S(=O)(=O)CCS(=O)(=O)c1ccccc1. The fourth-order valence-corrected chi connectivity index (χ4v) is 27.6. The van der Waals surface area contributed by atoms with Gasteiger partial charge in [0.05, 0.1) is 27.4 Å². The largest absolute Gasteiger partial charge is 0.336 e. The quantitative estimate of drug-likeness (QED) is 0.0244. The van der Waals surface area contributed by atoms with E-state index in [1.54, 1.807) is 28.0 Å². The number of nitrogens with zero attached hydrogens (tertiary/aromatic N) is 4. The van der Waals surface area contributed by atoms with Gasteiger partial charge in [0, 0.05) is 116 Å². The Labute approximate surface area is 692 Å². The summed E-state index contributed by atoms with van der Waals surface area (Å²) in [6, 6.07) is 9.67. The second kappa shape index (κ2) is 38.2. The average molecular weight is 1820 g/mol. The van der Waals surface area contributed by atoms with Crippen LogP contribution in [0.2, 0.25) is 0 Å². The number of halogens is 12. The number of hydrogen-bond acceptors (Lipinski definition) is 18. The zero-order valence-corrected chi connectivity index (χ0v) is 70.8. The number of sulfone groups is 3. The van der Waals surface area contributed by atoms with Gasteiger partial charge in [0.2, 0.25) is 41.9 Å². The number of fused-ring (bicyclic) bond motifs is 8. The summed E-state index contributed by atoms with van der Waals surface area (Å²) >= 11 is 0. The van der Waals surface area contributed by atoms with Gasteiger partial charge in [-0.15, -0.1) is 0 Å². The van der Waals surface area contributed by atoms with E-state index in [2.05, 4.69) is 4.72 Å². The Kier molecular flexibility index (Phi) is 30.0. The molecule has 8 saturated heterocycles. The van der Waals surface area contributed by atoms with Gasteiger partial charge in [0.25, 0.3) is 0 Å². The van der Waals surface area contributed by atoms with Gasteiger partial charge in [-0.25, -0.2) is 108 Å². The smallest absolute Gasteiger partial charge is 0.238 e. The van der Waals surface area contributed by atoms with Crippen LogP contribution in [0.3, 0.4) is 0 Å². The number of nitrogens with two attached hydrogens (primary N) is 4. The van der Waals surface area contributed by atoms with Crippen LogP contribution in [0.5, 0.6) is 0 Å². The van der Waals surface area contributed by atoms with E-state index in [1.165, 1.54) is 20.7 Å². The Morgan fingerprint density at radius 2 is 0.617 bits per heavy atom. The minimum Gasteiger partial charge on any atom is -0.336 e. The average Bonchev–Trinajstić information content (AvgIpc) is 1.59. The highest BCUT2D eigenvalue weighted by Crippen LogP contribution is 2.46. The molecule has 1 aliphatic carbocycles. The predicted octanol–water partition coefficient (Wildman–Crippen LogP) is 8.22. The van der Waals surface area contributed by atoms with Crippen molar-refractivity contribution in [1.29, 1.82) is 0 Å². The molecule has 1 saturated carbocycles. The van der Waals surface area contributed by atoms with Gasteiger partial charge in [-0.05, 0) is 224 Å². The highest BCUT2D eigenvalue weighted by atomic mass is 32.2. The fraction of sp³-hybridized carbons (Fsp3) is 0.595. The summed E-state index contributed by atoms with van der Waals surface area (Å²) < 4.78 is 314. The molecule has 0 spiro atoms. The number of piperidine rings is 4. The van der Waals surface area contributed by atoms with Crippen molar-refractivity contribution in [3.63, 3.8) is 0 Å². The van der Waals surface area contributed by atoms with Crippen LogP contribution in [-0.2, 0) is 94.9 Å². The first-order valence-electron chi connectivity index (χ1n) is 39.9. The third-order valence-electron chi connectivity index (χ3n) is 24.9. The molecule has 9 N–H and O–H groups in total. The lowest BCUT2D eigenvalue weighted by Gasteiger charge is -2.41. The third kappa shape index (κ3) is 23.4. The summed E-state index contributed by atoms with van der Waals surface area (Å²) in [7, 11) is -21.5. The number of carbonyl (C=O) groups excluding carboxylic acids is 2. The van der Waals surface area contributed by atoms with E-state index in [9.17, 15) is 113 Å². The van der Waals surface area contributed by atoms with Gasteiger partial charge in [-0.1, -0.05) is 18.2 Å². The van der Waals surface area contributed by atoms with E-state index in [-0.39, 0.29) is 149 Å². The second-order valence-corrected chi connectivity index (χ2v) is 46.1. The first-order chi connectivity index (χ1) is 56.0. The molecule has 41 heteroatoms. The molecule has 9 aliphatic rings. The number of amides is 2. The fourth-order valence-electron chi connectivity index (χ4n) is 19.1. The number of rotatable bonds is 27. The molecule has 14 rings (SSSR count). The van der Waals surface area contributed by atoms with Crippen molar-refractivity contribution in [2.24, 2.45) is 46.6 Å². The maximum atomic E-state index is 14.0. The maximum Gasteiger partial charge on any atom is 0.238 e. The van der Waals surface area contributed by atoms with Gasteiger partial charge < -0.3 is 32.7 Å². The Balaban J connectivity index is 0.000000157. The van der Waals surface area contributed by atoms with Crippen LogP contribution in [0.15, 0.2) is 83.8 Å². The number of nitrogens with one attached hydrogen (secondary N) is 1. The van der Waals surface area contributed by atoms with E-state index in [0.717, 1.165) is 62.5 Å². The number of carbonyl (C=O) groups is 2. The molecule has 7 unspecified atom stereocenters. The van der Waals surface area contributed by atoms with E-state index in [1.807, 2.05) is 0 Å². The van der Waals surface area contributed by atoms with Crippen molar-refractivity contribution in [2.45, 2.75) is 224 Å². The van der Waals surface area contributed by atoms with Crippen molar-refractivity contribution in [3.8, 4) is 0 Å². The monoisotopic (exact) mass is 1820 g/mol. The standard InChI is InChI=1S/C23H27F3N2O4S2.C20H28F3N3O4S2.2C18H23F3N2O3S/c24-20-14-22(26)21(25)12-15(20)13-23(27)16-10-17-6-7-18(11-16)28(17)34(31,32)9-8-33(29,30)19-4-2-1-3-5-19;21-17-11-19(23)18(22)9-12(17)10-20(24)13-7-14-1-2-15(8-13)26(14)31(27,28)6-5-25-32(29,30)16-3-4-16;2*1-27(25,26)9-18(24)23-12-2-3-13(23)5-11(4-12)17(22)7-10-6-15(20)16(21)8-14(10)19/h1-5,12,14,16-18,23H,6-11,13,27H2;9,11,13-16,20,25H,1-8,10,24H2;2*6,8,11-13,17H,2-5,7,9,22H2,1H3/t16?,17?,18?,23-;13?,14?,15?,20-;11?,12?,13?,17-;11?,12-,13+,17-/m1111/s1. The molecule has 8 bridgehead atoms. The zero-order valence-electron chi connectivity index (χ0n) is 65.9. The highest BCUT2D eigenvalue weighted by molar-refractivity contribution is 7.94. The van der Waals surface area contributed by atoms with Crippen LogP contribution in [0.4, 0.5) is 52.7 Å². The lowest BCUT2D eigenvalue weighted by atomic mass is 9.82. The minimum absolute atomic E-state index is 0.00162. The van der Waals surface area contributed by atoms with Crippen molar-refractivity contribution in [1.82, 2.24) is 23.1 Å². The first-order valence-corrected chi connectivity index (χ1v) is 50.4. The molecule has 5 aromatic rings. The summed E-state index contributed by atoms with van der Waals surface area (Å²) in [5, 5.41) is -0.405. The lowest BCUT2D eigenvalue weighted by Crippen LogP contribution is -2.51. The Morgan fingerprint density at radius 1 is 0.358 bits per heavy atom. The summed E-state index contributed by atoms with van der Waals surface area (Å²) in [5.74, 6) is -16.2. The molecule has 23 nitrogen and oxygen atoms in total. The Bertz CT molecular complexity index is 5120. The van der Waals surface area contributed by atoms with Crippen molar-refractivity contribution in [3.05, 3.63) is 171 Å². The topological polar surface area (TPSA) is 368 Å². The van der Waals surface area contributed by atoms with Crippen LogP contribution in [0.25, 0.3) is 0 Å². The van der Waals surface area contributed by atoms with E-state index in [4.69, 9.17) is 22.9 Å². The first kappa shape index (κ1) is 94.3. The summed E-state index contributed by atoms with van der Waals surface area (Å²) in [6.07, 6.45) is 13.5. The van der Waals surface area contributed by atoms with Gasteiger partial charge in [-0.2, -0.15) is 8.61 Å². The lowest BCUT2D eigenvalue weighted by molar-refractivity contribution is -0.134. The molecule has 0 aromatic heterocycles. The predicted molar refractivity (Wildman–Crippen MR) is 423 cm³/mol. The van der Waals surface area contributed by atoms with Crippen LogP contribution < -0.4 is 27.7 Å². The van der Waals surface area contributed by atoms with Gasteiger partial charge in [0.15, 0.2) is 76.0 Å². The van der Waals surface area contributed by atoms with Crippen LogP contribution in [0, 0.1) is 93.5 Å². The van der Waals surface area contributed by atoms with Crippen LogP contribution in [-0.4, -0.2) is 206 Å². The molecule has 9 fully saturated rings. The van der Waals surface area contributed by atoms with Crippen molar-refractivity contribution < 1.29 is 113 Å². The normalized spacial score (nSPS) is 26.1. The molecule has 2 amide bonds. The van der Waals surface area contributed by atoms with Gasteiger partial charge in [0.1, 0.15) is 34.8 Å². The summed E-state index contributed by atoms with van der Waals surface area (Å²) in [6.45, 7) is -0.157. The van der Waals surface area contributed by atoms with Gasteiger partial charge in [-0.3, -0.25) is 9.59 Å².